The molecule has 0 aliphatic carbocycles. The number of ketones is 1. The molecule has 170 valence electrons. The highest BCUT2D eigenvalue weighted by molar-refractivity contribution is 6.17. The molecule has 1 heterocycles. The van der Waals surface area contributed by atoms with E-state index in [4.69, 9.17) is 14.5 Å². The zero-order chi connectivity index (χ0) is 23.1. The minimum atomic E-state index is -0.263. The number of nitrogens with zero attached hydrogens (tertiary/aromatic N) is 1. The second-order valence-corrected chi connectivity index (χ2v) is 8.55. The summed E-state index contributed by atoms with van der Waals surface area (Å²) in [5.74, 6) is 0.569. The highest BCUT2D eigenvalue weighted by Crippen LogP contribution is 2.31. The third kappa shape index (κ3) is 6.04. The number of fused-ring (bicyclic) bond motifs is 1. The van der Waals surface area contributed by atoms with E-state index in [2.05, 4.69) is 25.2 Å². The summed E-state index contributed by atoms with van der Waals surface area (Å²) in [5.41, 5.74) is 3.75. The number of benzene rings is 2. The fraction of sp³-hybridized carbons (Fsp3) is 0.423. The Morgan fingerprint density at radius 1 is 1.09 bits per heavy atom. The lowest BCUT2D eigenvalue weighted by Crippen LogP contribution is -2.30. The average Bonchev–Trinajstić information content (AvgIpc) is 2.78. The number of methoxy groups -OCH3 is 1. The normalized spacial score (nSPS) is 14.3. The summed E-state index contributed by atoms with van der Waals surface area (Å²) in [4.78, 5) is 30.2. The minimum absolute atomic E-state index is 0.0288. The predicted molar refractivity (Wildman–Crippen MR) is 126 cm³/mol. The lowest BCUT2D eigenvalue weighted by molar-refractivity contribution is 0.0941. The largest absolute Gasteiger partial charge is 0.497 e. The molecule has 6 nitrogen and oxygen atoms in total. The quantitative estimate of drug-likeness (QED) is 0.446. The van der Waals surface area contributed by atoms with E-state index < -0.39 is 0 Å². The van der Waals surface area contributed by atoms with Gasteiger partial charge in [-0.1, -0.05) is 18.2 Å². The molecule has 0 saturated heterocycles. The van der Waals surface area contributed by atoms with Crippen molar-refractivity contribution >= 4 is 17.4 Å². The lowest BCUT2D eigenvalue weighted by atomic mass is 9.85. The number of aliphatic imine (C=N–C) groups is 1. The number of rotatable bonds is 10. The summed E-state index contributed by atoms with van der Waals surface area (Å²) < 4.78 is 10.6. The Bertz CT molecular complexity index is 993. The van der Waals surface area contributed by atoms with Gasteiger partial charge >= 0.3 is 0 Å². The van der Waals surface area contributed by atoms with Crippen molar-refractivity contribution in [1.82, 2.24) is 5.32 Å². The van der Waals surface area contributed by atoms with Gasteiger partial charge in [0.05, 0.1) is 24.8 Å². The summed E-state index contributed by atoms with van der Waals surface area (Å²) in [5, 5.41) is 2.87. The molecule has 0 saturated carbocycles. The van der Waals surface area contributed by atoms with Crippen molar-refractivity contribution in [2.45, 2.75) is 45.6 Å². The van der Waals surface area contributed by atoms with E-state index >= 15 is 0 Å². The smallest absolute Gasteiger partial charge is 0.251 e. The molecule has 6 heteroatoms. The number of carbonyl (C=O) groups is 2. The fourth-order valence-corrected chi connectivity index (χ4v) is 3.86. The third-order valence-electron chi connectivity index (χ3n) is 5.44. The molecule has 0 unspecified atom stereocenters. The highest BCUT2D eigenvalue weighted by Gasteiger charge is 2.28. The van der Waals surface area contributed by atoms with Gasteiger partial charge in [-0.15, -0.1) is 0 Å². The molecule has 2 aromatic carbocycles. The third-order valence-corrected chi connectivity index (χ3v) is 5.44. The molecule has 32 heavy (non-hydrogen) atoms. The number of amides is 1. The highest BCUT2D eigenvalue weighted by atomic mass is 16.5. The molecule has 0 fully saturated rings. The van der Waals surface area contributed by atoms with Crippen LogP contribution in [0.3, 0.4) is 0 Å². The first-order chi connectivity index (χ1) is 15.3. The van der Waals surface area contributed by atoms with Crippen LogP contribution in [0.2, 0.25) is 0 Å². The first-order valence-electron chi connectivity index (χ1n) is 11.1. The van der Waals surface area contributed by atoms with Gasteiger partial charge < -0.3 is 14.8 Å². The van der Waals surface area contributed by atoms with Crippen molar-refractivity contribution in [2.24, 2.45) is 4.99 Å². The molecule has 0 spiro atoms. The van der Waals surface area contributed by atoms with Crippen LogP contribution in [-0.4, -0.2) is 49.8 Å². The molecule has 1 aliphatic heterocycles. The van der Waals surface area contributed by atoms with E-state index in [1.165, 1.54) is 5.56 Å². The molecular weight excluding hydrogens is 404 g/mol. The number of hydrogen-bond donors (Lipinski definition) is 1. The molecule has 1 N–H and O–H groups in total. The summed E-state index contributed by atoms with van der Waals surface area (Å²) in [6.45, 7) is 7.95. The van der Waals surface area contributed by atoms with Crippen LogP contribution in [0.25, 0.3) is 0 Å². The zero-order valence-corrected chi connectivity index (χ0v) is 19.4. The van der Waals surface area contributed by atoms with Gasteiger partial charge in [0.25, 0.3) is 5.91 Å². The maximum Gasteiger partial charge on any atom is 0.251 e. The van der Waals surface area contributed by atoms with Gasteiger partial charge in [0, 0.05) is 36.4 Å². The second kappa shape index (κ2) is 10.6. The van der Waals surface area contributed by atoms with Crippen molar-refractivity contribution in [3.8, 4) is 5.75 Å². The van der Waals surface area contributed by atoms with Crippen LogP contribution >= 0.6 is 0 Å². The lowest BCUT2D eigenvalue weighted by Gasteiger charge is -2.29. The number of Topliss-reactive ketones (excluding diaryl/α,β-unsaturated/α-hetero) is 1. The van der Waals surface area contributed by atoms with Gasteiger partial charge in [-0.2, -0.15) is 0 Å². The minimum Gasteiger partial charge on any atom is -0.497 e. The molecule has 0 aromatic heterocycles. The Balaban J connectivity index is 1.68. The van der Waals surface area contributed by atoms with Gasteiger partial charge in [0.15, 0.2) is 5.78 Å². The Kier molecular flexibility index (Phi) is 7.80. The molecule has 1 amide bonds. The van der Waals surface area contributed by atoms with E-state index in [0.29, 0.717) is 30.9 Å². The van der Waals surface area contributed by atoms with Gasteiger partial charge in [0.1, 0.15) is 5.75 Å². The SMILES string of the molecule is CCOCCCNC(=O)c1ccc(C(=O)CC2=NC(C)(C)Cc3ccc(OC)cc32)cc1. The van der Waals surface area contributed by atoms with Crippen molar-refractivity contribution < 1.29 is 19.1 Å². The maximum absolute atomic E-state index is 13.0. The molecule has 1 aliphatic rings. The molecule has 2 aromatic rings. The van der Waals surface area contributed by atoms with Crippen LogP contribution in [0.1, 0.15) is 65.5 Å². The van der Waals surface area contributed by atoms with E-state index in [1.54, 1.807) is 31.4 Å². The monoisotopic (exact) mass is 436 g/mol. The van der Waals surface area contributed by atoms with Gasteiger partial charge in [-0.25, -0.2) is 0 Å². The van der Waals surface area contributed by atoms with Crippen molar-refractivity contribution in [2.75, 3.05) is 26.9 Å². The Hall–Kier alpha value is -2.99. The predicted octanol–water partition coefficient (Wildman–Crippen LogP) is 4.25. The van der Waals surface area contributed by atoms with Gasteiger partial charge in [0.2, 0.25) is 0 Å². The van der Waals surface area contributed by atoms with Crippen LogP contribution in [-0.2, 0) is 11.2 Å². The van der Waals surface area contributed by atoms with Crippen LogP contribution in [0, 0.1) is 0 Å². The van der Waals surface area contributed by atoms with E-state index in [0.717, 1.165) is 29.9 Å². The summed E-state index contributed by atoms with van der Waals surface area (Å²) in [6.07, 6.45) is 1.78. The van der Waals surface area contributed by atoms with Gasteiger partial charge in [-0.05, 0) is 63.4 Å². The summed E-state index contributed by atoms with van der Waals surface area (Å²) in [6, 6.07) is 12.7. The Morgan fingerprint density at radius 3 is 2.50 bits per heavy atom. The van der Waals surface area contributed by atoms with Crippen molar-refractivity contribution in [3.05, 3.63) is 64.7 Å². The Labute approximate surface area is 190 Å². The van der Waals surface area contributed by atoms with Crippen molar-refractivity contribution in [1.29, 1.82) is 0 Å². The summed E-state index contributed by atoms with van der Waals surface area (Å²) >= 11 is 0. The standard InChI is InChI=1S/C26H32N2O4/c1-5-32-14-6-13-27-25(30)19-9-7-18(8-10-19)24(29)16-23-22-15-21(31-4)12-11-20(22)17-26(2,3)28-23/h7-12,15H,5-6,13-14,16-17H2,1-4H3,(H,27,30). The first kappa shape index (κ1) is 23.7. The van der Waals surface area contributed by atoms with Crippen molar-refractivity contribution in [3.63, 3.8) is 0 Å². The number of carbonyl (C=O) groups excluding carboxylic acids is 2. The van der Waals surface area contributed by atoms with Crippen LogP contribution < -0.4 is 10.1 Å². The van der Waals surface area contributed by atoms with Crippen LogP contribution in [0.15, 0.2) is 47.5 Å². The van der Waals surface area contributed by atoms with Gasteiger partial charge in [-0.3, -0.25) is 14.6 Å². The maximum atomic E-state index is 13.0. The molecular formula is C26H32N2O4. The molecule has 0 atom stereocenters. The second-order valence-electron chi connectivity index (χ2n) is 8.55. The van der Waals surface area contributed by atoms with Crippen LogP contribution in [0.5, 0.6) is 5.75 Å². The number of hydrogen-bond acceptors (Lipinski definition) is 5. The number of ether oxygens (including phenoxy) is 2. The fourth-order valence-electron chi connectivity index (χ4n) is 3.86. The topological polar surface area (TPSA) is 77.0 Å². The first-order valence-corrected chi connectivity index (χ1v) is 11.1. The molecule has 0 bridgehead atoms. The van der Waals surface area contributed by atoms with E-state index in [-0.39, 0.29) is 23.7 Å². The molecule has 0 radical (unpaired) electrons. The number of nitrogens with one attached hydrogen (secondary N) is 1. The van der Waals surface area contributed by atoms with Crippen LogP contribution in [0.4, 0.5) is 0 Å². The average molecular weight is 437 g/mol. The Morgan fingerprint density at radius 2 is 1.81 bits per heavy atom. The summed E-state index contributed by atoms with van der Waals surface area (Å²) in [7, 11) is 1.63. The molecule has 3 rings (SSSR count). The zero-order valence-electron chi connectivity index (χ0n) is 19.4. The van der Waals surface area contributed by atoms with E-state index in [9.17, 15) is 9.59 Å². The van der Waals surface area contributed by atoms with E-state index in [1.807, 2.05) is 19.1 Å².